The summed E-state index contributed by atoms with van der Waals surface area (Å²) in [4.78, 5) is 0. The maximum absolute atomic E-state index is 5.97. The molecule has 1 aromatic heterocycles. The number of thioether (sulfide) groups is 1. The smallest absolute Gasteiger partial charge is 0.276 e. The molecule has 4 nitrogen and oxygen atoms in total. The van der Waals surface area contributed by atoms with Gasteiger partial charge in [-0.3, -0.25) is 0 Å². The average Bonchev–Trinajstić information content (AvgIpc) is 3.06. The van der Waals surface area contributed by atoms with Crippen molar-refractivity contribution in [2.24, 2.45) is 0 Å². The molecule has 0 spiro atoms. The number of hydrogen-bond acceptors (Lipinski definition) is 5. The van der Waals surface area contributed by atoms with Crippen molar-refractivity contribution in [2.45, 2.75) is 43.7 Å². The van der Waals surface area contributed by atoms with Gasteiger partial charge < -0.3 is 9.73 Å². The summed E-state index contributed by atoms with van der Waals surface area (Å²) in [5, 5.41) is 12.7. The van der Waals surface area contributed by atoms with Crippen LogP contribution in [0.5, 0.6) is 0 Å². The van der Waals surface area contributed by atoms with Gasteiger partial charge in [-0.25, -0.2) is 0 Å². The molecule has 0 saturated heterocycles. The van der Waals surface area contributed by atoms with E-state index in [9.17, 15) is 0 Å². The molecule has 0 unspecified atom stereocenters. The maximum Gasteiger partial charge on any atom is 0.276 e. The van der Waals surface area contributed by atoms with E-state index in [4.69, 9.17) is 16.0 Å². The summed E-state index contributed by atoms with van der Waals surface area (Å²) >= 11 is 7.51. The molecular weight excluding hydrogens is 366 g/mol. The van der Waals surface area contributed by atoms with E-state index in [2.05, 4.69) is 60.6 Å². The van der Waals surface area contributed by atoms with Crippen molar-refractivity contribution >= 4 is 29.1 Å². The molecule has 26 heavy (non-hydrogen) atoms. The Bertz CT molecular complexity index is 856. The predicted octanol–water partition coefficient (Wildman–Crippen LogP) is 5.92. The van der Waals surface area contributed by atoms with E-state index < -0.39 is 0 Å². The van der Waals surface area contributed by atoms with Crippen LogP contribution in [-0.2, 0) is 17.7 Å². The molecule has 136 valence electrons. The van der Waals surface area contributed by atoms with Gasteiger partial charge in [-0.15, -0.1) is 10.2 Å². The molecule has 3 rings (SSSR count). The Balaban J connectivity index is 1.52. The molecule has 1 N–H and O–H groups in total. The summed E-state index contributed by atoms with van der Waals surface area (Å²) in [6.07, 6.45) is 0. The summed E-state index contributed by atoms with van der Waals surface area (Å²) in [6, 6.07) is 16.2. The molecule has 0 atom stereocenters. The minimum absolute atomic E-state index is 0.170. The number of rotatable bonds is 6. The second kappa shape index (κ2) is 8.14. The third kappa shape index (κ3) is 5.26. The van der Waals surface area contributed by atoms with Gasteiger partial charge in [-0.05, 0) is 34.7 Å². The summed E-state index contributed by atoms with van der Waals surface area (Å²) in [5.41, 5.74) is 3.66. The molecule has 0 aliphatic rings. The van der Waals surface area contributed by atoms with E-state index in [0.717, 1.165) is 11.4 Å². The van der Waals surface area contributed by atoms with E-state index in [-0.39, 0.29) is 5.41 Å². The first-order valence-corrected chi connectivity index (χ1v) is 9.80. The fraction of sp³-hybridized carbons (Fsp3) is 0.300. The number of halogens is 1. The molecule has 0 aliphatic heterocycles. The molecule has 2 aromatic carbocycles. The molecule has 0 radical (unpaired) electrons. The Kier molecular flexibility index (Phi) is 5.89. The van der Waals surface area contributed by atoms with Crippen molar-refractivity contribution in [3.63, 3.8) is 0 Å². The molecular formula is C20H22ClN3OS. The molecule has 0 bridgehead atoms. The highest BCUT2D eigenvalue weighted by molar-refractivity contribution is 7.98. The summed E-state index contributed by atoms with van der Waals surface area (Å²) in [5.74, 6) is 1.35. The predicted molar refractivity (Wildman–Crippen MR) is 108 cm³/mol. The summed E-state index contributed by atoms with van der Waals surface area (Å²) in [6.45, 7) is 7.12. The summed E-state index contributed by atoms with van der Waals surface area (Å²) in [7, 11) is 0. The lowest BCUT2D eigenvalue weighted by Gasteiger charge is -2.19. The van der Waals surface area contributed by atoms with Crippen LogP contribution < -0.4 is 5.32 Å². The molecule has 1 heterocycles. The minimum Gasteiger partial charge on any atom is -0.414 e. The SMILES string of the molecule is CC(C)(C)c1ccc(CSc2nnc(CNc3cccc(Cl)c3)o2)cc1. The van der Waals surface area contributed by atoms with Gasteiger partial charge in [0.05, 0.1) is 6.54 Å². The Labute approximate surface area is 163 Å². The van der Waals surface area contributed by atoms with Crippen LogP contribution in [-0.4, -0.2) is 10.2 Å². The minimum atomic E-state index is 0.170. The van der Waals surface area contributed by atoms with Crippen LogP contribution in [0.3, 0.4) is 0 Å². The van der Waals surface area contributed by atoms with Crippen molar-refractivity contribution < 1.29 is 4.42 Å². The van der Waals surface area contributed by atoms with Gasteiger partial charge in [-0.2, -0.15) is 0 Å². The zero-order valence-corrected chi connectivity index (χ0v) is 16.7. The highest BCUT2D eigenvalue weighted by Crippen LogP contribution is 2.25. The van der Waals surface area contributed by atoms with Crippen LogP contribution in [0.1, 0.15) is 37.8 Å². The topological polar surface area (TPSA) is 51.0 Å². The second-order valence-corrected chi connectivity index (χ2v) is 8.42. The van der Waals surface area contributed by atoms with E-state index in [1.807, 2.05) is 24.3 Å². The van der Waals surface area contributed by atoms with Gasteiger partial charge in [0.25, 0.3) is 5.22 Å². The lowest BCUT2D eigenvalue weighted by molar-refractivity contribution is 0.418. The Hall–Kier alpha value is -1.98. The first kappa shape index (κ1) is 18.8. The summed E-state index contributed by atoms with van der Waals surface area (Å²) < 4.78 is 5.68. The van der Waals surface area contributed by atoms with Gasteiger partial charge in [0.1, 0.15) is 0 Å². The zero-order valence-electron chi connectivity index (χ0n) is 15.1. The number of nitrogens with zero attached hydrogens (tertiary/aromatic N) is 2. The van der Waals surface area contributed by atoms with Crippen LogP contribution >= 0.6 is 23.4 Å². The fourth-order valence-electron chi connectivity index (χ4n) is 2.39. The van der Waals surface area contributed by atoms with Crippen molar-refractivity contribution in [3.8, 4) is 0 Å². The molecule has 0 saturated carbocycles. The lowest BCUT2D eigenvalue weighted by atomic mass is 9.87. The lowest BCUT2D eigenvalue weighted by Crippen LogP contribution is -2.10. The second-order valence-electron chi connectivity index (χ2n) is 7.06. The molecule has 0 amide bonds. The van der Waals surface area contributed by atoms with Gasteiger partial charge in [0.2, 0.25) is 5.89 Å². The largest absolute Gasteiger partial charge is 0.414 e. The molecule has 0 aliphatic carbocycles. The van der Waals surface area contributed by atoms with Gasteiger partial charge in [0.15, 0.2) is 0 Å². The first-order chi connectivity index (χ1) is 12.4. The monoisotopic (exact) mass is 387 g/mol. The Morgan fingerprint density at radius 3 is 2.54 bits per heavy atom. The number of nitrogens with one attached hydrogen (secondary N) is 1. The van der Waals surface area contributed by atoms with Gasteiger partial charge >= 0.3 is 0 Å². The van der Waals surface area contributed by atoms with Crippen LogP contribution in [0, 0.1) is 0 Å². The van der Waals surface area contributed by atoms with E-state index in [1.165, 1.54) is 11.1 Å². The third-order valence-corrected chi connectivity index (χ3v) is 5.02. The quantitative estimate of drug-likeness (QED) is 0.531. The van der Waals surface area contributed by atoms with Crippen LogP contribution in [0.4, 0.5) is 5.69 Å². The van der Waals surface area contributed by atoms with E-state index in [1.54, 1.807) is 11.8 Å². The van der Waals surface area contributed by atoms with Crippen molar-refractivity contribution in [1.29, 1.82) is 0 Å². The van der Waals surface area contributed by atoms with Gasteiger partial charge in [0, 0.05) is 16.5 Å². The van der Waals surface area contributed by atoms with Crippen molar-refractivity contribution in [3.05, 3.63) is 70.6 Å². The van der Waals surface area contributed by atoms with Crippen LogP contribution in [0.15, 0.2) is 58.2 Å². The zero-order chi connectivity index (χ0) is 18.6. The number of aromatic nitrogens is 2. The average molecular weight is 388 g/mol. The molecule has 0 fully saturated rings. The molecule has 6 heteroatoms. The third-order valence-electron chi connectivity index (χ3n) is 3.90. The van der Waals surface area contributed by atoms with Crippen LogP contribution in [0.25, 0.3) is 0 Å². The normalized spacial score (nSPS) is 11.5. The Morgan fingerprint density at radius 2 is 1.85 bits per heavy atom. The molecule has 3 aromatic rings. The highest BCUT2D eigenvalue weighted by atomic mass is 35.5. The maximum atomic E-state index is 5.97. The number of hydrogen-bond donors (Lipinski definition) is 1. The van der Waals surface area contributed by atoms with Crippen molar-refractivity contribution in [1.82, 2.24) is 10.2 Å². The number of benzene rings is 2. The van der Waals surface area contributed by atoms with E-state index >= 15 is 0 Å². The Morgan fingerprint density at radius 1 is 1.08 bits per heavy atom. The van der Waals surface area contributed by atoms with Crippen LogP contribution in [0.2, 0.25) is 5.02 Å². The van der Waals surface area contributed by atoms with Gasteiger partial charge in [-0.1, -0.05) is 74.5 Å². The standard InChI is InChI=1S/C20H22ClN3OS/c1-20(2,3)15-9-7-14(8-10-15)13-26-19-24-23-18(25-19)12-22-17-6-4-5-16(21)11-17/h4-11,22H,12-13H2,1-3H3. The van der Waals surface area contributed by atoms with E-state index in [0.29, 0.717) is 22.7 Å². The van der Waals surface area contributed by atoms with Crippen molar-refractivity contribution in [2.75, 3.05) is 5.32 Å². The highest BCUT2D eigenvalue weighted by Gasteiger charge is 2.13. The first-order valence-electron chi connectivity index (χ1n) is 8.44. The fourth-order valence-corrected chi connectivity index (χ4v) is 3.32. The number of anilines is 1.